The van der Waals surface area contributed by atoms with Crippen molar-refractivity contribution in [3.8, 4) is 5.75 Å². The highest BCUT2D eigenvalue weighted by Crippen LogP contribution is 2.26. The Morgan fingerprint density at radius 1 is 1.33 bits per heavy atom. The Bertz CT molecular complexity index is 442. The van der Waals surface area contributed by atoms with Crippen molar-refractivity contribution in [3.63, 3.8) is 0 Å². The van der Waals surface area contributed by atoms with Crippen LogP contribution in [0.25, 0.3) is 0 Å². The number of alkyl halides is 2. The summed E-state index contributed by atoms with van der Waals surface area (Å²) in [5, 5.41) is 3.45. The van der Waals surface area contributed by atoms with E-state index in [1.807, 2.05) is 19.1 Å². The average Bonchev–Trinajstić information content (AvgIpc) is 2.46. The van der Waals surface area contributed by atoms with Gasteiger partial charge in [0.25, 0.3) is 0 Å². The molecule has 1 saturated heterocycles. The van der Waals surface area contributed by atoms with Gasteiger partial charge in [0.05, 0.1) is 0 Å². The molecule has 21 heavy (non-hydrogen) atoms. The zero-order chi connectivity index (χ0) is 15.2. The minimum Gasteiger partial charge on any atom is -0.434 e. The van der Waals surface area contributed by atoms with E-state index < -0.39 is 6.61 Å². The Kier molecular flexibility index (Phi) is 5.94. The molecule has 1 fully saturated rings. The topological polar surface area (TPSA) is 24.5 Å². The van der Waals surface area contributed by atoms with Gasteiger partial charge in [-0.05, 0) is 39.4 Å². The standard InChI is InChI=1S/C16H24F2N2O/c1-12(19-11-13-7-5-6-10-20(13)2)14-8-3-4-9-15(14)21-16(17)18/h3-4,8-9,12-13,16,19H,5-7,10-11H2,1-2H3. The van der Waals surface area contributed by atoms with Crippen LogP contribution in [0.4, 0.5) is 8.78 Å². The molecule has 3 nitrogen and oxygen atoms in total. The second kappa shape index (κ2) is 7.71. The van der Waals surface area contributed by atoms with Crippen LogP contribution in [0.2, 0.25) is 0 Å². The second-order valence-electron chi connectivity index (χ2n) is 5.68. The summed E-state index contributed by atoms with van der Waals surface area (Å²) in [5.41, 5.74) is 0.774. The third kappa shape index (κ3) is 4.64. The highest BCUT2D eigenvalue weighted by atomic mass is 19.3. The van der Waals surface area contributed by atoms with Crippen LogP contribution in [-0.2, 0) is 0 Å². The van der Waals surface area contributed by atoms with E-state index in [-0.39, 0.29) is 11.8 Å². The van der Waals surface area contributed by atoms with E-state index in [2.05, 4.69) is 22.0 Å². The highest BCUT2D eigenvalue weighted by Gasteiger charge is 2.20. The van der Waals surface area contributed by atoms with Gasteiger partial charge in [-0.3, -0.25) is 0 Å². The number of nitrogens with zero attached hydrogens (tertiary/aromatic N) is 1. The SMILES string of the molecule is CC(NCC1CCCCN1C)c1ccccc1OC(F)F. The molecule has 1 heterocycles. The summed E-state index contributed by atoms with van der Waals surface area (Å²) in [6, 6.07) is 7.48. The Morgan fingerprint density at radius 2 is 2.10 bits per heavy atom. The zero-order valence-electron chi connectivity index (χ0n) is 12.7. The maximum Gasteiger partial charge on any atom is 0.387 e. The summed E-state index contributed by atoms with van der Waals surface area (Å²) < 4.78 is 29.5. The molecule has 0 aromatic heterocycles. The Labute approximate surface area is 125 Å². The smallest absolute Gasteiger partial charge is 0.387 e. The Morgan fingerprint density at radius 3 is 2.81 bits per heavy atom. The lowest BCUT2D eigenvalue weighted by molar-refractivity contribution is -0.0506. The summed E-state index contributed by atoms with van der Waals surface area (Å²) >= 11 is 0. The van der Waals surface area contributed by atoms with Crippen molar-refractivity contribution in [2.45, 2.75) is 44.9 Å². The number of likely N-dealkylation sites (N-methyl/N-ethyl adjacent to an activating group) is 1. The predicted octanol–water partition coefficient (Wildman–Crippen LogP) is 3.42. The second-order valence-corrected chi connectivity index (χ2v) is 5.68. The zero-order valence-corrected chi connectivity index (χ0v) is 12.7. The van der Waals surface area contributed by atoms with Crippen LogP contribution in [-0.4, -0.2) is 37.7 Å². The summed E-state index contributed by atoms with van der Waals surface area (Å²) in [4.78, 5) is 2.37. The number of halogens is 2. The largest absolute Gasteiger partial charge is 0.434 e. The molecule has 0 bridgehead atoms. The first-order valence-corrected chi connectivity index (χ1v) is 7.55. The van der Waals surface area contributed by atoms with Gasteiger partial charge in [0.15, 0.2) is 0 Å². The number of hydrogen-bond acceptors (Lipinski definition) is 3. The molecular weight excluding hydrogens is 274 g/mol. The van der Waals surface area contributed by atoms with E-state index in [0.29, 0.717) is 6.04 Å². The Balaban J connectivity index is 1.95. The molecule has 1 aromatic carbocycles. The number of likely N-dealkylation sites (tertiary alicyclic amines) is 1. The lowest BCUT2D eigenvalue weighted by atomic mass is 10.0. The van der Waals surface area contributed by atoms with Crippen LogP contribution in [0.1, 0.15) is 37.8 Å². The molecular formula is C16H24F2N2O. The van der Waals surface area contributed by atoms with Crippen LogP contribution >= 0.6 is 0 Å². The number of hydrogen-bond donors (Lipinski definition) is 1. The van der Waals surface area contributed by atoms with E-state index in [4.69, 9.17) is 0 Å². The predicted molar refractivity (Wildman–Crippen MR) is 79.8 cm³/mol. The Hall–Kier alpha value is -1.20. The average molecular weight is 298 g/mol. The van der Waals surface area contributed by atoms with E-state index >= 15 is 0 Å². The monoisotopic (exact) mass is 298 g/mol. The molecule has 1 aliphatic heterocycles. The third-order valence-electron chi connectivity index (χ3n) is 4.18. The van der Waals surface area contributed by atoms with Crippen LogP contribution in [0.3, 0.4) is 0 Å². The van der Waals surface area contributed by atoms with Gasteiger partial charge in [0.2, 0.25) is 0 Å². The number of para-hydroxylation sites is 1. The van der Waals surface area contributed by atoms with Crippen molar-refractivity contribution in [2.24, 2.45) is 0 Å². The molecule has 2 unspecified atom stereocenters. The van der Waals surface area contributed by atoms with E-state index in [1.165, 1.54) is 19.3 Å². The summed E-state index contributed by atoms with van der Waals surface area (Å²) in [7, 11) is 2.14. The minimum absolute atomic E-state index is 0.0183. The summed E-state index contributed by atoms with van der Waals surface area (Å²) in [5.74, 6) is 0.254. The molecule has 0 radical (unpaired) electrons. The normalized spacial score (nSPS) is 21.5. The lowest BCUT2D eigenvalue weighted by Gasteiger charge is -2.33. The molecule has 1 aliphatic rings. The van der Waals surface area contributed by atoms with Gasteiger partial charge >= 0.3 is 6.61 Å². The molecule has 1 N–H and O–H groups in total. The summed E-state index contributed by atoms with van der Waals surface area (Å²) in [6.07, 6.45) is 3.70. The van der Waals surface area contributed by atoms with Crippen molar-refractivity contribution >= 4 is 0 Å². The number of piperidine rings is 1. The molecule has 0 amide bonds. The van der Waals surface area contributed by atoms with Crippen molar-refractivity contribution in [2.75, 3.05) is 20.1 Å². The molecule has 118 valence electrons. The van der Waals surface area contributed by atoms with Gasteiger partial charge in [0.1, 0.15) is 5.75 Å². The molecule has 0 saturated carbocycles. The van der Waals surface area contributed by atoms with Gasteiger partial charge in [-0.25, -0.2) is 0 Å². The molecule has 0 aliphatic carbocycles. The van der Waals surface area contributed by atoms with Crippen molar-refractivity contribution in [1.29, 1.82) is 0 Å². The minimum atomic E-state index is -2.79. The van der Waals surface area contributed by atoms with E-state index in [0.717, 1.165) is 18.7 Å². The number of nitrogens with one attached hydrogen (secondary N) is 1. The van der Waals surface area contributed by atoms with Gasteiger partial charge in [-0.1, -0.05) is 24.6 Å². The third-order valence-corrected chi connectivity index (χ3v) is 4.18. The fraction of sp³-hybridized carbons (Fsp3) is 0.625. The van der Waals surface area contributed by atoms with Crippen molar-refractivity contribution in [1.82, 2.24) is 10.2 Å². The van der Waals surface area contributed by atoms with Crippen molar-refractivity contribution < 1.29 is 13.5 Å². The molecule has 5 heteroatoms. The first-order chi connectivity index (χ1) is 10.1. The lowest BCUT2D eigenvalue weighted by Crippen LogP contribution is -2.43. The first kappa shape index (κ1) is 16.2. The molecule has 2 atom stereocenters. The number of ether oxygens (including phenoxy) is 1. The van der Waals surface area contributed by atoms with Gasteiger partial charge < -0.3 is 15.0 Å². The first-order valence-electron chi connectivity index (χ1n) is 7.55. The van der Waals surface area contributed by atoms with Gasteiger partial charge in [-0.15, -0.1) is 0 Å². The molecule has 1 aromatic rings. The van der Waals surface area contributed by atoms with Gasteiger partial charge in [0, 0.05) is 24.2 Å². The fourth-order valence-corrected chi connectivity index (χ4v) is 2.87. The molecule has 2 rings (SSSR count). The number of benzene rings is 1. The van der Waals surface area contributed by atoms with Crippen molar-refractivity contribution in [3.05, 3.63) is 29.8 Å². The fourth-order valence-electron chi connectivity index (χ4n) is 2.87. The van der Waals surface area contributed by atoms with Crippen LogP contribution in [0, 0.1) is 0 Å². The van der Waals surface area contributed by atoms with Crippen LogP contribution in [0.5, 0.6) is 5.75 Å². The van der Waals surface area contributed by atoms with E-state index in [1.54, 1.807) is 12.1 Å². The maximum atomic E-state index is 12.4. The van der Waals surface area contributed by atoms with Gasteiger partial charge in [-0.2, -0.15) is 8.78 Å². The highest BCUT2D eigenvalue weighted by molar-refractivity contribution is 5.35. The van der Waals surface area contributed by atoms with Crippen LogP contribution < -0.4 is 10.1 Å². The molecule has 0 spiro atoms. The van der Waals surface area contributed by atoms with E-state index in [9.17, 15) is 8.78 Å². The number of rotatable bonds is 6. The summed E-state index contributed by atoms with van der Waals surface area (Å²) in [6.45, 7) is 1.19. The quantitative estimate of drug-likeness (QED) is 0.871. The van der Waals surface area contributed by atoms with Crippen LogP contribution in [0.15, 0.2) is 24.3 Å². The maximum absolute atomic E-state index is 12.4.